The maximum absolute atomic E-state index is 13.2. The fraction of sp³-hybridized carbons (Fsp3) is 0.391. The highest BCUT2D eigenvalue weighted by atomic mass is 19.1. The molecule has 1 aliphatic carbocycles. The third-order valence-corrected chi connectivity index (χ3v) is 6.00. The van der Waals surface area contributed by atoms with Gasteiger partial charge >= 0.3 is 0 Å². The second-order valence-electron chi connectivity index (χ2n) is 7.92. The summed E-state index contributed by atoms with van der Waals surface area (Å²) in [5, 5.41) is 12.8. The molecule has 29 heavy (non-hydrogen) atoms. The molecule has 2 N–H and O–H groups in total. The van der Waals surface area contributed by atoms with Crippen LogP contribution in [-0.4, -0.2) is 47.1 Å². The van der Waals surface area contributed by atoms with Crippen molar-refractivity contribution < 1.29 is 19.1 Å². The number of rotatable bonds is 6. The highest BCUT2D eigenvalue weighted by Crippen LogP contribution is 2.41. The normalized spacial score (nSPS) is 23.4. The monoisotopic (exact) mass is 396 g/mol. The van der Waals surface area contributed by atoms with Crippen molar-refractivity contribution >= 4 is 11.8 Å². The number of benzene rings is 2. The number of hydrogen-bond acceptors (Lipinski definition) is 3. The standard InChI is InChI=1S/C23H25FN2O3/c1-14(28)26-20(12-25-23(29)18-6-7-18)22(21(26)13-27)17-4-2-15(3-5-17)16-8-10-19(24)11-9-16/h2-5,8-11,18,20-22,27H,6-7,12-13H2,1H3,(H,25,29)/t20-,21-,22+/m0/s1. The van der Waals surface area contributed by atoms with Crippen molar-refractivity contribution in [3.63, 3.8) is 0 Å². The van der Waals surface area contributed by atoms with E-state index in [0.717, 1.165) is 29.5 Å². The SMILES string of the molecule is CC(=O)N1[C@@H](CO)[C@H](c2ccc(-c3ccc(F)cc3)cc2)[C@@H]1CNC(=O)C1CC1. The number of hydrogen-bond donors (Lipinski definition) is 2. The minimum atomic E-state index is -0.299. The predicted molar refractivity (Wildman–Crippen MR) is 107 cm³/mol. The minimum absolute atomic E-state index is 0.0476. The Hall–Kier alpha value is -2.73. The quantitative estimate of drug-likeness (QED) is 0.789. The summed E-state index contributed by atoms with van der Waals surface area (Å²) in [7, 11) is 0. The topological polar surface area (TPSA) is 69.6 Å². The molecule has 1 aliphatic heterocycles. The van der Waals surface area contributed by atoms with Crippen molar-refractivity contribution in [3.8, 4) is 11.1 Å². The first kappa shape index (κ1) is 19.6. The first-order valence-corrected chi connectivity index (χ1v) is 10.0. The zero-order valence-corrected chi connectivity index (χ0v) is 16.3. The molecule has 2 amide bonds. The van der Waals surface area contributed by atoms with Crippen LogP contribution in [0.5, 0.6) is 0 Å². The van der Waals surface area contributed by atoms with E-state index in [4.69, 9.17) is 0 Å². The van der Waals surface area contributed by atoms with Crippen molar-refractivity contribution in [3.05, 3.63) is 59.9 Å². The van der Waals surface area contributed by atoms with E-state index in [-0.39, 0.29) is 48.2 Å². The molecule has 1 heterocycles. The first-order chi connectivity index (χ1) is 14.0. The predicted octanol–water partition coefficient (Wildman–Crippen LogP) is 2.69. The Bertz CT molecular complexity index is 893. The van der Waals surface area contributed by atoms with E-state index in [1.807, 2.05) is 24.3 Å². The lowest BCUT2D eigenvalue weighted by Crippen LogP contribution is -2.68. The molecule has 2 aliphatic rings. The molecule has 6 heteroatoms. The van der Waals surface area contributed by atoms with E-state index in [9.17, 15) is 19.1 Å². The molecule has 0 radical (unpaired) electrons. The third-order valence-electron chi connectivity index (χ3n) is 6.00. The van der Waals surface area contributed by atoms with Crippen molar-refractivity contribution in [1.82, 2.24) is 10.2 Å². The fourth-order valence-corrected chi connectivity index (χ4v) is 4.32. The molecule has 4 rings (SSSR count). The fourth-order valence-electron chi connectivity index (χ4n) is 4.32. The van der Waals surface area contributed by atoms with Crippen LogP contribution in [0.4, 0.5) is 4.39 Å². The Labute approximate surface area is 169 Å². The molecule has 2 aromatic rings. The maximum Gasteiger partial charge on any atom is 0.223 e. The summed E-state index contributed by atoms with van der Waals surface area (Å²) in [5.41, 5.74) is 2.90. The van der Waals surface area contributed by atoms with Gasteiger partial charge in [0.1, 0.15) is 5.82 Å². The third kappa shape index (κ3) is 3.90. The van der Waals surface area contributed by atoms with Gasteiger partial charge in [-0.05, 0) is 41.7 Å². The Morgan fingerprint density at radius 3 is 2.14 bits per heavy atom. The van der Waals surface area contributed by atoms with Crippen LogP contribution in [-0.2, 0) is 9.59 Å². The van der Waals surface area contributed by atoms with Crippen LogP contribution >= 0.6 is 0 Å². The molecule has 1 saturated carbocycles. The van der Waals surface area contributed by atoms with Gasteiger partial charge in [0.2, 0.25) is 11.8 Å². The van der Waals surface area contributed by atoms with Gasteiger partial charge in [0.25, 0.3) is 0 Å². The largest absolute Gasteiger partial charge is 0.394 e. The van der Waals surface area contributed by atoms with Gasteiger partial charge in [0.15, 0.2) is 0 Å². The Balaban J connectivity index is 1.53. The minimum Gasteiger partial charge on any atom is -0.394 e. The number of likely N-dealkylation sites (tertiary alicyclic amines) is 1. The highest BCUT2D eigenvalue weighted by molar-refractivity contribution is 5.81. The molecular weight excluding hydrogens is 371 g/mol. The van der Waals surface area contributed by atoms with Crippen LogP contribution < -0.4 is 5.32 Å². The smallest absolute Gasteiger partial charge is 0.223 e. The van der Waals surface area contributed by atoms with Crippen LogP contribution in [0.1, 0.15) is 31.2 Å². The van der Waals surface area contributed by atoms with Crippen LogP contribution in [0.2, 0.25) is 0 Å². The summed E-state index contributed by atoms with van der Waals surface area (Å²) >= 11 is 0. The number of nitrogens with zero attached hydrogens (tertiary/aromatic N) is 1. The molecule has 152 valence electrons. The van der Waals surface area contributed by atoms with E-state index in [2.05, 4.69) is 5.32 Å². The van der Waals surface area contributed by atoms with Crippen molar-refractivity contribution in [2.75, 3.05) is 13.2 Å². The summed E-state index contributed by atoms with van der Waals surface area (Å²) in [6.45, 7) is 1.75. The van der Waals surface area contributed by atoms with E-state index < -0.39 is 0 Å². The number of aliphatic hydroxyl groups excluding tert-OH is 1. The Kier molecular flexibility index (Phi) is 5.37. The molecule has 5 nitrogen and oxygen atoms in total. The molecule has 0 spiro atoms. The lowest BCUT2D eigenvalue weighted by Gasteiger charge is -2.54. The van der Waals surface area contributed by atoms with Crippen molar-refractivity contribution in [2.45, 2.75) is 37.8 Å². The molecule has 3 atom stereocenters. The van der Waals surface area contributed by atoms with Gasteiger partial charge in [0.05, 0.1) is 18.7 Å². The lowest BCUT2D eigenvalue weighted by molar-refractivity contribution is -0.148. The second-order valence-corrected chi connectivity index (χ2v) is 7.92. The average Bonchev–Trinajstić information content (AvgIpc) is 3.53. The van der Waals surface area contributed by atoms with E-state index in [1.165, 1.54) is 19.1 Å². The van der Waals surface area contributed by atoms with E-state index in [1.54, 1.807) is 17.0 Å². The molecule has 0 unspecified atom stereocenters. The van der Waals surface area contributed by atoms with Crippen molar-refractivity contribution in [2.24, 2.45) is 5.92 Å². The zero-order valence-electron chi connectivity index (χ0n) is 16.3. The van der Waals surface area contributed by atoms with Gasteiger partial charge in [0, 0.05) is 25.3 Å². The summed E-state index contributed by atoms with van der Waals surface area (Å²) < 4.78 is 13.2. The maximum atomic E-state index is 13.2. The summed E-state index contributed by atoms with van der Waals surface area (Å²) in [6.07, 6.45) is 1.86. The molecule has 2 fully saturated rings. The second kappa shape index (κ2) is 7.95. The van der Waals surface area contributed by atoms with Crippen LogP contribution in [0.25, 0.3) is 11.1 Å². The molecule has 1 saturated heterocycles. The number of carbonyl (C=O) groups is 2. The number of nitrogens with one attached hydrogen (secondary N) is 1. The van der Waals surface area contributed by atoms with Gasteiger partial charge in [-0.25, -0.2) is 4.39 Å². The average molecular weight is 396 g/mol. The van der Waals surface area contributed by atoms with Crippen LogP contribution in [0.3, 0.4) is 0 Å². The lowest BCUT2D eigenvalue weighted by atomic mass is 9.74. The highest BCUT2D eigenvalue weighted by Gasteiger charge is 2.50. The Morgan fingerprint density at radius 2 is 1.62 bits per heavy atom. The molecule has 0 aromatic heterocycles. The van der Waals surface area contributed by atoms with Gasteiger partial charge in [-0.1, -0.05) is 36.4 Å². The van der Waals surface area contributed by atoms with Gasteiger partial charge in [-0.2, -0.15) is 0 Å². The number of aliphatic hydroxyl groups is 1. The van der Waals surface area contributed by atoms with Crippen LogP contribution in [0.15, 0.2) is 48.5 Å². The number of amides is 2. The van der Waals surface area contributed by atoms with Crippen LogP contribution in [0, 0.1) is 11.7 Å². The number of halogens is 1. The molecule has 2 aromatic carbocycles. The number of carbonyl (C=O) groups excluding carboxylic acids is 2. The Morgan fingerprint density at radius 1 is 1.03 bits per heavy atom. The van der Waals surface area contributed by atoms with E-state index in [0.29, 0.717) is 6.54 Å². The zero-order chi connectivity index (χ0) is 20.5. The van der Waals surface area contributed by atoms with Crippen molar-refractivity contribution in [1.29, 1.82) is 0 Å². The van der Waals surface area contributed by atoms with E-state index >= 15 is 0 Å². The summed E-state index contributed by atoms with van der Waals surface area (Å²) in [4.78, 5) is 25.8. The molecule has 0 bridgehead atoms. The summed E-state index contributed by atoms with van der Waals surface area (Å²) in [5.74, 6) is -0.264. The van der Waals surface area contributed by atoms with Gasteiger partial charge < -0.3 is 15.3 Å². The van der Waals surface area contributed by atoms with Gasteiger partial charge in [-0.3, -0.25) is 9.59 Å². The molecular formula is C23H25FN2O3. The summed E-state index contributed by atoms with van der Waals surface area (Å²) in [6, 6.07) is 13.8. The first-order valence-electron chi connectivity index (χ1n) is 10.0. The van der Waals surface area contributed by atoms with Gasteiger partial charge in [-0.15, -0.1) is 0 Å².